The molecule has 0 aromatic carbocycles. The van der Waals surface area contributed by atoms with Crippen molar-refractivity contribution in [3.63, 3.8) is 0 Å². The Morgan fingerprint density at radius 2 is 2.13 bits per heavy atom. The van der Waals surface area contributed by atoms with Crippen LogP contribution in [0.2, 0.25) is 0 Å². The first kappa shape index (κ1) is 10.9. The number of nitrogens with one attached hydrogen (secondary N) is 1. The fourth-order valence-corrected chi connectivity index (χ4v) is 2.01. The number of ether oxygens (including phenoxy) is 1. The SMILES string of the molecule is O=C(O)C1CCC(CNCCC2CC2)O1. The molecule has 2 atom stereocenters. The summed E-state index contributed by atoms with van der Waals surface area (Å²) in [5.74, 6) is 0.129. The standard InChI is InChI=1S/C11H19NO3/c13-11(14)10-4-3-9(15-10)7-12-6-5-8-1-2-8/h8-10,12H,1-7H2,(H,13,14). The molecule has 1 aliphatic carbocycles. The maximum Gasteiger partial charge on any atom is 0.332 e. The van der Waals surface area contributed by atoms with Crippen LogP contribution >= 0.6 is 0 Å². The van der Waals surface area contributed by atoms with Crippen molar-refractivity contribution in [2.75, 3.05) is 13.1 Å². The van der Waals surface area contributed by atoms with Crippen LogP contribution in [-0.2, 0) is 9.53 Å². The van der Waals surface area contributed by atoms with E-state index < -0.39 is 12.1 Å². The van der Waals surface area contributed by atoms with E-state index in [2.05, 4.69) is 5.32 Å². The highest BCUT2D eigenvalue weighted by Crippen LogP contribution is 2.31. The molecule has 1 heterocycles. The normalized spacial score (nSPS) is 30.7. The first-order valence-electron chi connectivity index (χ1n) is 5.84. The quantitative estimate of drug-likeness (QED) is 0.646. The van der Waals surface area contributed by atoms with Crippen LogP contribution in [0, 0.1) is 5.92 Å². The molecule has 0 radical (unpaired) electrons. The van der Waals surface area contributed by atoms with Gasteiger partial charge in [0.25, 0.3) is 0 Å². The minimum Gasteiger partial charge on any atom is -0.479 e. The van der Waals surface area contributed by atoms with Gasteiger partial charge in [0.1, 0.15) is 0 Å². The number of carbonyl (C=O) groups is 1. The van der Waals surface area contributed by atoms with Gasteiger partial charge in [0.2, 0.25) is 0 Å². The van der Waals surface area contributed by atoms with Gasteiger partial charge in [-0.2, -0.15) is 0 Å². The molecule has 0 bridgehead atoms. The zero-order valence-electron chi connectivity index (χ0n) is 8.95. The molecular formula is C11H19NO3. The average molecular weight is 213 g/mol. The van der Waals surface area contributed by atoms with Crippen LogP contribution in [0.15, 0.2) is 0 Å². The van der Waals surface area contributed by atoms with Crippen molar-refractivity contribution in [2.45, 2.75) is 44.3 Å². The van der Waals surface area contributed by atoms with E-state index in [4.69, 9.17) is 9.84 Å². The van der Waals surface area contributed by atoms with Crippen LogP contribution in [0.1, 0.15) is 32.1 Å². The average Bonchev–Trinajstić information content (AvgIpc) is 2.90. The van der Waals surface area contributed by atoms with E-state index in [1.165, 1.54) is 19.3 Å². The Bertz CT molecular complexity index is 228. The molecule has 2 N–H and O–H groups in total. The molecule has 0 spiro atoms. The number of hydrogen-bond donors (Lipinski definition) is 2. The predicted molar refractivity (Wildman–Crippen MR) is 55.7 cm³/mol. The number of carboxylic acid groups (broad SMARTS) is 1. The van der Waals surface area contributed by atoms with Crippen molar-refractivity contribution in [1.82, 2.24) is 5.32 Å². The van der Waals surface area contributed by atoms with Gasteiger partial charge >= 0.3 is 5.97 Å². The second-order valence-corrected chi connectivity index (χ2v) is 4.60. The summed E-state index contributed by atoms with van der Waals surface area (Å²) in [6, 6.07) is 0. The molecular weight excluding hydrogens is 194 g/mol. The Morgan fingerprint density at radius 3 is 2.73 bits per heavy atom. The zero-order valence-corrected chi connectivity index (χ0v) is 8.95. The summed E-state index contributed by atoms with van der Waals surface area (Å²) in [4.78, 5) is 10.6. The summed E-state index contributed by atoms with van der Waals surface area (Å²) in [6.45, 7) is 1.85. The van der Waals surface area contributed by atoms with Gasteiger partial charge in [-0.3, -0.25) is 0 Å². The van der Waals surface area contributed by atoms with Gasteiger partial charge < -0.3 is 15.2 Å². The number of rotatable bonds is 6. The van der Waals surface area contributed by atoms with Crippen molar-refractivity contribution in [1.29, 1.82) is 0 Å². The second-order valence-electron chi connectivity index (χ2n) is 4.60. The van der Waals surface area contributed by atoms with Gasteiger partial charge in [0.15, 0.2) is 6.10 Å². The minimum atomic E-state index is -0.824. The highest BCUT2D eigenvalue weighted by atomic mass is 16.5. The van der Waals surface area contributed by atoms with Crippen LogP contribution < -0.4 is 5.32 Å². The van der Waals surface area contributed by atoms with Crippen molar-refractivity contribution in [3.8, 4) is 0 Å². The summed E-state index contributed by atoms with van der Waals surface area (Å²) >= 11 is 0. The molecule has 1 aliphatic heterocycles. The highest BCUT2D eigenvalue weighted by molar-refractivity contribution is 5.72. The Balaban J connectivity index is 1.53. The fraction of sp³-hybridized carbons (Fsp3) is 0.909. The number of carboxylic acids is 1. The van der Waals surface area contributed by atoms with E-state index in [9.17, 15) is 4.79 Å². The lowest BCUT2D eigenvalue weighted by Crippen LogP contribution is -2.29. The molecule has 2 rings (SSSR count). The Labute approximate surface area is 90.0 Å². The molecule has 86 valence electrons. The molecule has 4 nitrogen and oxygen atoms in total. The van der Waals surface area contributed by atoms with Gasteiger partial charge in [-0.15, -0.1) is 0 Å². The van der Waals surface area contributed by atoms with Gasteiger partial charge in [0, 0.05) is 6.54 Å². The maximum atomic E-state index is 10.6. The third kappa shape index (κ3) is 3.47. The van der Waals surface area contributed by atoms with E-state index in [0.29, 0.717) is 6.42 Å². The molecule has 2 fully saturated rings. The van der Waals surface area contributed by atoms with Crippen molar-refractivity contribution in [2.24, 2.45) is 5.92 Å². The van der Waals surface area contributed by atoms with Crippen LogP contribution in [0.3, 0.4) is 0 Å². The molecule has 0 aromatic heterocycles. The fourth-order valence-electron chi connectivity index (χ4n) is 2.01. The topological polar surface area (TPSA) is 58.6 Å². The third-order valence-electron chi connectivity index (χ3n) is 3.18. The van der Waals surface area contributed by atoms with E-state index >= 15 is 0 Å². The van der Waals surface area contributed by atoms with Gasteiger partial charge in [0.05, 0.1) is 6.10 Å². The molecule has 4 heteroatoms. The van der Waals surface area contributed by atoms with E-state index in [1.54, 1.807) is 0 Å². The monoisotopic (exact) mass is 213 g/mol. The summed E-state index contributed by atoms with van der Waals surface area (Å²) in [6.07, 6.45) is 5.10. The largest absolute Gasteiger partial charge is 0.479 e. The molecule has 2 unspecified atom stereocenters. The molecule has 15 heavy (non-hydrogen) atoms. The van der Waals surface area contributed by atoms with E-state index in [1.807, 2.05) is 0 Å². The second kappa shape index (κ2) is 4.94. The Hall–Kier alpha value is -0.610. The number of hydrogen-bond acceptors (Lipinski definition) is 3. The summed E-state index contributed by atoms with van der Waals surface area (Å²) in [7, 11) is 0. The van der Waals surface area contributed by atoms with Crippen LogP contribution in [0.4, 0.5) is 0 Å². The van der Waals surface area contributed by atoms with Crippen LogP contribution in [-0.4, -0.2) is 36.4 Å². The van der Waals surface area contributed by atoms with Crippen molar-refractivity contribution < 1.29 is 14.6 Å². The highest BCUT2D eigenvalue weighted by Gasteiger charge is 2.30. The Kier molecular flexibility index (Phi) is 3.59. The minimum absolute atomic E-state index is 0.102. The predicted octanol–water partition coefficient (Wildman–Crippen LogP) is 1.01. The van der Waals surface area contributed by atoms with Gasteiger partial charge in [-0.1, -0.05) is 12.8 Å². The maximum absolute atomic E-state index is 10.6. The zero-order chi connectivity index (χ0) is 10.7. The molecule has 0 amide bonds. The smallest absolute Gasteiger partial charge is 0.332 e. The molecule has 1 saturated heterocycles. The van der Waals surface area contributed by atoms with Gasteiger partial charge in [-0.05, 0) is 31.7 Å². The lowest BCUT2D eigenvalue weighted by molar-refractivity contribution is -0.149. The van der Waals surface area contributed by atoms with E-state index in [-0.39, 0.29) is 6.10 Å². The molecule has 0 aromatic rings. The summed E-state index contributed by atoms with van der Waals surface area (Å²) < 4.78 is 5.38. The van der Waals surface area contributed by atoms with Gasteiger partial charge in [-0.25, -0.2) is 4.79 Å². The summed E-state index contributed by atoms with van der Waals surface area (Å²) in [5.41, 5.74) is 0. The lowest BCUT2D eigenvalue weighted by Gasteiger charge is -2.11. The van der Waals surface area contributed by atoms with Crippen LogP contribution in [0.5, 0.6) is 0 Å². The molecule has 2 aliphatic rings. The third-order valence-corrected chi connectivity index (χ3v) is 3.18. The Morgan fingerprint density at radius 1 is 1.33 bits per heavy atom. The first-order chi connectivity index (χ1) is 7.25. The lowest BCUT2D eigenvalue weighted by atomic mass is 10.2. The number of aliphatic carboxylic acids is 1. The molecule has 1 saturated carbocycles. The van der Waals surface area contributed by atoms with Crippen molar-refractivity contribution in [3.05, 3.63) is 0 Å². The first-order valence-corrected chi connectivity index (χ1v) is 5.84. The van der Waals surface area contributed by atoms with Crippen molar-refractivity contribution >= 4 is 5.97 Å². The van der Waals surface area contributed by atoms with Crippen LogP contribution in [0.25, 0.3) is 0 Å². The van der Waals surface area contributed by atoms with E-state index in [0.717, 1.165) is 25.4 Å². The summed E-state index contributed by atoms with van der Waals surface area (Å²) in [5, 5.41) is 12.1.